The van der Waals surface area contributed by atoms with Crippen molar-refractivity contribution < 1.29 is 21.2 Å². The standard InChI is InChI=1S/C12H15ClFNO4S2/c1-15(8-9-3-2-4-9)21(18,19)12-6-5-10(7-11(12)14)20(13,16)17/h5-7,9H,2-4,8H2,1H3. The highest BCUT2D eigenvalue weighted by Gasteiger charge is 2.29. The fourth-order valence-electron chi connectivity index (χ4n) is 2.15. The summed E-state index contributed by atoms with van der Waals surface area (Å²) in [5.74, 6) is -0.826. The molecule has 0 aromatic heterocycles. The van der Waals surface area contributed by atoms with Crippen LogP contribution >= 0.6 is 10.7 Å². The van der Waals surface area contributed by atoms with E-state index in [2.05, 4.69) is 0 Å². The Morgan fingerprint density at radius 1 is 1.29 bits per heavy atom. The molecule has 1 fully saturated rings. The maximum absolute atomic E-state index is 13.9. The molecule has 1 aromatic carbocycles. The molecule has 0 bridgehead atoms. The first-order chi connectivity index (χ1) is 9.62. The number of nitrogens with zero attached hydrogens (tertiary/aromatic N) is 1. The van der Waals surface area contributed by atoms with Crippen LogP contribution in [0.4, 0.5) is 4.39 Å². The van der Waals surface area contributed by atoms with Crippen LogP contribution in [0.15, 0.2) is 28.0 Å². The average Bonchev–Trinajstić information content (AvgIpc) is 2.31. The third-order valence-electron chi connectivity index (χ3n) is 3.61. The third kappa shape index (κ3) is 3.56. The summed E-state index contributed by atoms with van der Waals surface area (Å²) in [6.07, 6.45) is 3.01. The molecular formula is C12H15ClFNO4S2. The van der Waals surface area contributed by atoms with E-state index in [0.717, 1.165) is 35.7 Å². The summed E-state index contributed by atoms with van der Waals surface area (Å²) in [6.45, 7) is 0.331. The Morgan fingerprint density at radius 3 is 2.33 bits per heavy atom. The summed E-state index contributed by atoms with van der Waals surface area (Å²) < 4.78 is 61.8. The lowest BCUT2D eigenvalue weighted by atomic mass is 9.86. The molecule has 5 nitrogen and oxygen atoms in total. The minimum Gasteiger partial charge on any atom is -0.207 e. The molecule has 0 N–H and O–H groups in total. The van der Waals surface area contributed by atoms with Crippen molar-refractivity contribution in [2.75, 3.05) is 13.6 Å². The second-order valence-corrected chi connectivity index (χ2v) is 9.69. The van der Waals surface area contributed by atoms with Crippen LogP contribution in [0.5, 0.6) is 0 Å². The molecule has 0 saturated heterocycles. The molecule has 1 aliphatic carbocycles. The summed E-state index contributed by atoms with van der Waals surface area (Å²) >= 11 is 0. The van der Waals surface area contributed by atoms with E-state index < -0.39 is 34.7 Å². The number of sulfonamides is 1. The molecular weight excluding hydrogens is 341 g/mol. The minimum absolute atomic E-state index is 0.301. The number of hydrogen-bond donors (Lipinski definition) is 0. The molecule has 0 amide bonds. The van der Waals surface area contributed by atoms with E-state index in [9.17, 15) is 21.2 Å². The van der Waals surface area contributed by atoms with Gasteiger partial charge in [0.15, 0.2) is 0 Å². The minimum atomic E-state index is -4.10. The molecule has 1 aromatic rings. The van der Waals surface area contributed by atoms with Crippen LogP contribution in [0.3, 0.4) is 0 Å². The van der Waals surface area contributed by atoms with Gasteiger partial charge in [0.2, 0.25) is 10.0 Å². The van der Waals surface area contributed by atoms with Gasteiger partial charge in [-0.15, -0.1) is 0 Å². The highest BCUT2D eigenvalue weighted by Crippen LogP contribution is 2.29. The normalized spacial score (nSPS) is 17.0. The molecule has 0 unspecified atom stereocenters. The van der Waals surface area contributed by atoms with Crippen LogP contribution in [-0.2, 0) is 19.1 Å². The lowest BCUT2D eigenvalue weighted by molar-refractivity contribution is 0.262. The van der Waals surface area contributed by atoms with Crippen molar-refractivity contribution >= 4 is 29.8 Å². The van der Waals surface area contributed by atoms with Crippen molar-refractivity contribution in [2.45, 2.75) is 29.1 Å². The highest BCUT2D eigenvalue weighted by molar-refractivity contribution is 8.13. The Kier molecular flexibility index (Phi) is 4.63. The lowest BCUT2D eigenvalue weighted by Crippen LogP contribution is -2.34. The number of benzene rings is 1. The van der Waals surface area contributed by atoms with Gasteiger partial charge < -0.3 is 0 Å². The summed E-state index contributed by atoms with van der Waals surface area (Å²) in [6, 6.07) is 2.53. The highest BCUT2D eigenvalue weighted by atomic mass is 35.7. The topological polar surface area (TPSA) is 71.5 Å². The van der Waals surface area contributed by atoms with E-state index in [1.807, 2.05) is 0 Å². The Bertz CT molecular complexity index is 745. The fraction of sp³-hybridized carbons (Fsp3) is 0.500. The SMILES string of the molecule is CN(CC1CCC1)S(=O)(=O)c1ccc(S(=O)(=O)Cl)cc1F. The van der Waals surface area contributed by atoms with Crippen molar-refractivity contribution in [1.82, 2.24) is 4.31 Å². The first-order valence-corrected chi connectivity index (χ1v) is 10.1. The third-order valence-corrected chi connectivity index (χ3v) is 6.82. The Hall–Kier alpha value is -0.700. The van der Waals surface area contributed by atoms with Gasteiger partial charge in [-0.3, -0.25) is 0 Å². The van der Waals surface area contributed by atoms with E-state index in [4.69, 9.17) is 10.7 Å². The molecule has 0 atom stereocenters. The monoisotopic (exact) mass is 355 g/mol. The molecule has 1 aliphatic rings. The first kappa shape index (κ1) is 16.7. The molecule has 118 valence electrons. The Morgan fingerprint density at radius 2 is 1.90 bits per heavy atom. The maximum atomic E-state index is 13.9. The van der Waals surface area contributed by atoms with E-state index in [1.54, 1.807) is 0 Å². The summed E-state index contributed by atoms with van der Waals surface area (Å²) in [7, 11) is -1.59. The number of rotatable bonds is 5. The predicted molar refractivity (Wildman–Crippen MR) is 76.6 cm³/mol. The zero-order valence-electron chi connectivity index (χ0n) is 11.3. The zero-order chi connectivity index (χ0) is 15.8. The van der Waals surface area contributed by atoms with Crippen LogP contribution in [-0.4, -0.2) is 34.7 Å². The molecule has 0 spiro atoms. The lowest BCUT2D eigenvalue weighted by Gasteiger charge is -2.29. The molecule has 9 heteroatoms. The second-order valence-electron chi connectivity index (χ2n) is 5.11. The van der Waals surface area contributed by atoms with Gasteiger partial charge in [-0.1, -0.05) is 6.42 Å². The van der Waals surface area contributed by atoms with Crippen LogP contribution < -0.4 is 0 Å². The van der Waals surface area contributed by atoms with Gasteiger partial charge in [0.05, 0.1) is 4.90 Å². The largest absolute Gasteiger partial charge is 0.261 e. The van der Waals surface area contributed by atoms with Gasteiger partial charge in [-0.2, -0.15) is 0 Å². The second kappa shape index (κ2) is 5.83. The predicted octanol–water partition coefficient (Wildman–Crippen LogP) is 2.17. The van der Waals surface area contributed by atoms with Crippen molar-refractivity contribution in [1.29, 1.82) is 0 Å². The molecule has 2 rings (SSSR count). The van der Waals surface area contributed by atoms with Crippen molar-refractivity contribution in [3.05, 3.63) is 24.0 Å². The fourth-order valence-corrected chi connectivity index (χ4v) is 4.20. The van der Waals surface area contributed by atoms with Gasteiger partial charge in [0.25, 0.3) is 9.05 Å². The quantitative estimate of drug-likeness (QED) is 0.759. The van der Waals surface area contributed by atoms with Gasteiger partial charge >= 0.3 is 0 Å². The van der Waals surface area contributed by atoms with E-state index in [-0.39, 0.29) is 0 Å². The number of halogens is 2. The summed E-state index contributed by atoms with van der Waals surface area (Å²) in [5.41, 5.74) is 0. The first-order valence-electron chi connectivity index (χ1n) is 6.33. The molecule has 0 heterocycles. The smallest absolute Gasteiger partial charge is 0.207 e. The van der Waals surface area contributed by atoms with Crippen LogP contribution in [0.25, 0.3) is 0 Å². The van der Waals surface area contributed by atoms with Crippen LogP contribution in [0.1, 0.15) is 19.3 Å². The molecule has 0 aliphatic heterocycles. The van der Waals surface area contributed by atoms with Crippen molar-refractivity contribution in [2.24, 2.45) is 5.92 Å². The van der Waals surface area contributed by atoms with Crippen LogP contribution in [0, 0.1) is 11.7 Å². The van der Waals surface area contributed by atoms with Gasteiger partial charge in [-0.05, 0) is 37.0 Å². The summed E-state index contributed by atoms with van der Waals surface area (Å²) in [4.78, 5) is -1.02. The molecule has 1 saturated carbocycles. The van der Waals surface area contributed by atoms with Crippen molar-refractivity contribution in [3.63, 3.8) is 0 Å². The van der Waals surface area contributed by atoms with E-state index >= 15 is 0 Å². The van der Waals surface area contributed by atoms with Gasteiger partial charge in [0.1, 0.15) is 10.7 Å². The van der Waals surface area contributed by atoms with Crippen molar-refractivity contribution in [3.8, 4) is 0 Å². The maximum Gasteiger partial charge on any atom is 0.261 e. The molecule has 0 radical (unpaired) electrons. The Balaban J connectivity index is 2.31. The zero-order valence-corrected chi connectivity index (χ0v) is 13.7. The van der Waals surface area contributed by atoms with Crippen LogP contribution in [0.2, 0.25) is 0 Å². The van der Waals surface area contributed by atoms with E-state index in [0.29, 0.717) is 18.5 Å². The average molecular weight is 356 g/mol. The van der Waals surface area contributed by atoms with E-state index in [1.165, 1.54) is 7.05 Å². The molecule has 21 heavy (non-hydrogen) atoms. The van der Waals surface area contributed by atoms with Gasteiger partial charge in [0, 0.05) is 24.3 Å². The summed E-state index contributed by atoms with van der Waals surface area (Å²) in [5, 5.41) is 0. The van der Waals surface area contributed by atoms with Gasteiger partial charge in [-0.25, -0.2) is 25.5 Å². The Labute approximate surface area is 128 Å². The number of hydrogen-bond acceptors (Lipinski definition) is 4.